The second kappa shape index (κ2) is 10.1. The Kier molecular flexibility index (Phi) is 7.30. The quantitative estimate of drug-likeness (QED) is 0.483. The molecule has 2 saturated carbocycles. The summed E-state index contributed by atoms with van der Waals surface area (Å²) in [7, 11) is 2.74. The largest absolute Gasteiger partial charge is 0.455 e. The van der Waals surface area contributed by atoms with Crippen molar-refractivity contribution in [3.8, 4) is 0 Å². The van der Waals surface area contributed by atoms with E-state index in [0.29, 0.717) is 0 Å². The molecule has 42 heavy (non-hydrogen) atoms. The number of ether oxygens (including phenoxy) is 5. The van der Waals surface area contributed by atoms with Gasteiger partial charge in [-0.25, -0.2) is 4.79 Å². The summed E-state index contributed by atoms with van der Waals surface area (Å²) in [6.45, 7) is 7.23. The molecular weight excluding hydrogens is 548 g/mol. The lowest BCUT2D eigenvalue weighted by molar-refractivity contribution is -0.350. The van der Waals surface area contributed by atoms with E-state index in [1.54, 1.807) is 39.0 Å². The van der Waals surface area contributed by atoms with Gasteiger partial charge in [0.1, 0.15) is 30.0 Å². The van der Waals surface area contributed by atoms with Gasteiger partial charge in [0.25, 0.3) is 0 Å². The monoisotopic (exact) mass is 586 g/mol. The zero-order chi connectivity index (χ0) is 31.0. The minimum Gasteiger partial charge on any atom is -0.455 e. The number of aliphatic hydroxyl groups is 2. The van der Waals surface area contributed by atoms with E-state index < -0.39 is 82.0 Å². The maximum absolute atomic E-state index is 14.9. The Labute approximate surface area is 244 Å². The van der Waals surface area contributed by atoms with Gasteiger partial charge in [-0.3, -0.25) is 14.4 Å². The lowest BCUT2D eigenvalue weighted by Gasteiger charge is -2.67. The molecule has 0 aromatic heterocycles. The summed E-state index contributed by atoms with van der Waals surface area (Å²) >= 11 is 0. The highest BCUT2D eigenvalue weighted by molar-refractivity contribution is 6.04. The molecule has 0 radical (unpaired) electrons. The van der Waals surface area contributed by atoms with E-state index in [4.69, 9.17) is 23.7 Å². The molecule has 3 fully saturated rings. The van der Waals surface area contributed by atoms with E-state index in [0.717, 1.165) is 0 Å². The topological polar surface area (TPSA) is 155 Å². The van der Waals surface area contributed by atoms with Crippen LogP contribution in [0, 0.1) is 16.7 Å². The second-order valence-corrected chi connectivity index (χ2v) is 12.5. The Morgan fingerprint density at radius 3 is 2.21 bits per heavy atom. The molecule has 11 heteroatoms. The van der Waals surface area contributed by atoms with Crippen molar-refractivity contribution in [3.05, 3.63) is 47.0 Å². The number of methoxy groups -OCH3 is 2. The predicted octanol–water partition coefficient (Wildman–Crippen LogP) is 1.57. The minimum atomic E-state index is -2.52. The molecule has 1 heterocycles. The Hall–Kier alpha value is -2.96. The van der Waals surface area contributed by atoms with E-state index in [-0.39, 0.29) is 29.7 Å². The van der Waals surface area contributed by atoms with Crippen molar-refractivity contribution in [2.45, 2.75) is 82.8 Å². The predicted molar refractivity (Wildman–Crippen MR) is 145 cm³/mol. The summed E-state index contributed by atoms with van der Waals surface area (Å²) in [4.78, 5) is 54.9. The molecule has 0 spiro atoms. The molecule has 9 atom stereocenters. The van der Waals surface area contributed by atoms with Gasteiger partial charge in [-0.2, -0.15) is 0 Å². The highest BCUT2D eigenvalue weighted by Crippen LogP contribution is 2.64. The molecule has 228 valence electrons. The number of fused-ring (bicyclic) bond motifs is 5. The van der Waals surface area contributed by atoms with Gasteiger partial charge in [0.2, 0.25) is 0 Å². The SMILES string of the molecule is CO[C@H]1C(=O)[C@]2(C)[C@@H](OC)C[C@H]3OC[C@@]3(OC(C)=O)[C@H]2[C@H](OC(=O)c2ccccc2)[C@]2(O)[C@@H](O)C(=O)C(C)=C1C2(C)C. The molecule has 0 unspecified atom stereocenters. The fourth-order valence-corrected chi connectivity index (χ4v) is 8.13. The number of ketones is 2. The first kappa shape index (κ1) is 30.5. The molecule has 11 nitrogen and oxygen atoms in total. The summed E-state index contributed by atoms with van der Waals surface area (Å²) in [6, 6.07) is 8.00. The lowest BCUT2D eigenvalue weighted by Crippen LogP contribution is -2.83. The van der Waals surface area contributed by atoms with Gasteiger partial charge in [0.05, 0.1) is 29.6 Å². The number of hydrogen-bond acceptors (Lipinski definition) is 11. The third-order valence-corrected chi connectivity index (χ3v) is 10.3. The van der Waals surface area contributed by atoms with Gasteiger partial charge < -0.3 is 33.9 Å². The van der Waals surface area contributed by atoms with Gasteiger partial charge in [0.15, 0.2) is 17.2 Å². The average Bonchev–Trinajstić information content (AvgIpc) is 2.94. The summed E-state index contributed by atoms with van der Waals surface area (Å²) in [5.41, 5.74) is -6.93. The second-order valence-electron chi connectivity index (χ2n) is 12.5. The van der Waals surface area contributed by atoms with Crippen LogP contribution in [0.5, 0.6) is 0 Å². The minimum absolute atomic E-state index is 0.0666. The Balaban J connectivity index is 1.88. The van der Waals surface area contributed by atoms with E-state index in [9.17, 15) is 29.4 Å². The highest BCUT2D eigenvalue weighted by Gasteiger charge is 2.79. The van der Waals surface area contributed by atoms with Crippen LogP contribution in [0.2, 0.25) is 0 Å². The maximum atomic E-state index is 14.9. The van der Waals surface area contributed by atoms with Crippen molar-refractivity contribution < 1.29 is 53.1 Å². The maximum Gasteiger partial charge on any atom is 0.338 e. The molecule has 3 aliphatic carbocycles. The van der Waals surface area contributed by atoms with Gasteiger partial charge in [-0.15, -0.1) is 0 Å². The van der Waals surface area contributed by atoms with Gasteiger partial charge in [-0.05, 0) is 37.1 Å². The molecule has 2 bridgehead atoms. The number of hydrogen-bond donors (Lipinski definition) is 2. The van der Waals surface area contributed by atoms with Crippen LogP contribution >= 0.6 is 0 Å². The Morgan fingerprint density at radius 1 is 1.05 bits per heavy atom. The van der Waals surface area contributed by atoms with Crippen LogP contribution in [0.1, 0.15) is 51.4 Å². The number of benzene rings is 1. The number of carbonyl (C=O) groups is 4. The molecular formula is C31H38O11. The number of carbonyl (C=O) groups excluding carboxylic acids is 4. The summed E-state index contributed by atoms with van der Waals surface area (Å²) < 4.78 is 29.7. The van der Waals surface area contributed by atoms with Gasteiger partial charge in [0, 0.05) is 33.0 Å². The van der Waals surface area contributed by atoms with Crippen molar-refractivity contribution in [1.29, 1.82) is 0 Å². The summed E-state index contributed by atoms with van der Waals surface area (Å²) in [5.74, 6) is -4.24. The third-order valence-electron chi connectivity index (χ3n) is 10.3. The fourth-order valence-electron chi connectivity index (χ4n) is 8.13. The van der Waals surface area contributed by atoms with Gasteiger partial charge >= 0.3 is 11.9 Å². The van der Waals surface area contributed by atoms with Crippen molar-refractivity contribution in [2.24, 2.45) is 16.7 Å². The average molecular weight is 587 g/mol. The van der Waals surface area contributed by atoms with Crippen molar-refractivity contribution in [3.63, 3.8) is 0 Å². The Bertz CT molecular complexity index is 1350. The van der Waals surface area contributed by atoms with Crippen LogP contribution < -0.4 is 0 Å². The van der Waals surface area contributed by atoms with E-state index in [1.807, 2.05) is 0 Å². The molecule has 2 N–H and O–H groups in total. The molecule has 1 aromatic carbocycles. The van der Waals surface area contributed by atoms with Crippen molar-refractivity contribution >= 4 is 23.5 Å². The van der Waals surface area contributed by atoms with Crippen LogP contribution in [0.4, 0.5) is 0 Å². The molecule has 4 aliphatic rings. The number of esters is 2. The highest BCUT2D eigenvalue weighted by atomic mass is 16.6. The summed E-state index contributed by atoms with van der Waals surface area (Å²) in [6.07, 6.45) is -6.71. The molecule has 1 aromatic rings. The molecule has 5 rings (SSSR count). The van der Waals surface area contributed by atoms with Crippen LogP contribution in [-0.2, 0) is 38.1 Å². The third kappa shape index (κ3) is 3.77. The van der Waals surface area contributed by atoms with E-state index in [2.05, 4.69) is 0 Å². The Morgan fingerprint density at radius 2 is 1.69 bits per heavy atom. The summed E-state index contributed by atoms with van der Waals surface area (Å²) in [5, 5.41) is 24.5. The number of aliphatic hydroxyl groups excluding tert-OH is 1. The normalized spacial score (nSPS) is 40.6. The van der Waals surface area contributed by atoms with Gasteiger partial charge in [-0.1, -0.05) is 32.0 Å². The fraction of sp³-hybridized carbons (Fsp3) is 0.613. The number of rotatable bonds is 5. The lowest BCUT2D eigenvalue weighted by atomic mass is 9.44. The first-order chi connectivity index (χ1) is 19.6. The van der Waals surface area contributed by atoms with Crippen LogP contribution in [0.25, 0.3) is 0 Å². The standard InChI is InChI=1S/C31H38O11/c1-15-20-22(39-7)25(35)29(5)18(38-6)13-19-30(14-40-19,42-16(2)32)23(29)26(41-27(36)17-11-9-8-10-12-17)31(37,28(20,3)4)24(34)21(15)33/h8-12,18-19,22-24,26,34,37H,13-14H2,1-7H3/t18-,19+,22+,23-,24-,26-,29+,30-,31+/m0/s1. The first-order valence-electron chi connectivity index (χ1n) is 14.0. The van der Waals surface area contributed by atoms with Crippen molar-refractivity contribution in [1.82, 2.24) is 0 Å². The van der Waals surface area contributed by atoms with Crippen LogP contribution in [0.3, 0.4) is 0 Å². The zero-order valence-corrected chi connectivity index (χ0v) is 24.8. The first-order valence-corrected chi connectivity index (χ1v) is 14.0. The van der Waals surface area contributed by atoms with Crippen LogP contribution in [-0.4, -0.2) is 96.3 Å². The zero-order valence-electron chi connectivity index (χ0n) is 24.8. The molecule has 1 aliphatic heterocycles. The molecule has 0 amide bonds. The van der Waals surface area contributed by atoms with Crippen LogP contribution in [0.15, 0.2) is 41.5 Å². The number of Topliss-reactive ketones (excluding diaryl/α,β-unsaturated/α-hetero) is 2. The van der Waals surface area contributed by atoms with E-state index >= 15 is 0 Å². The van der Waals surface area contributed by atoms with Crippen molar-refractivity contribution in [2.75, 3.05) is 20.8 Å². The molecule has 1 saturated heterocycles. The smallest absolute Gasteiger partial charge is 0.338 e. The van der Waals surface area contributed by atoms with E-state index in [1.165, 1.54) is 40.2 Å².